The Morgan fingerprint density at radius 1 is 1.07 bits per heavy atom. The first-order valence-electron chi connectivity index (χ1n) is 4.35. The van der Waals surface area contributed by atoms with E-state index in [2.05, 4.69) is 25.6 Å². The summed E-state index contributed by atoms with van der Waals surface area (Å²) in [6.45, 7) is 5.35. The van der Waals surface area contributed by atoms with E-state index in [-0.39, 0.29) is 5.16 Å². The number of nitrogens with zero attached hydrogens (tertiary/aromatic N) is 3. The smallest absolute Gasteiger partial charge is 0.228 e. The minimum Gasteiger partial charge on any atom is -0.354 e. The van der Waals surface area contributed by atoms with Crippen molar-refractivity contribution in [3.8, 4) is 0 Å². The first-order chi connectivity index (χ1) is 6.80. The lowest BCUT2D eigenvalue weighted by Gasteiger charge is -2.05. The maximum Gasteiger partial charge on any atom is 0.228 e. The molecule has 7 heteroatoms. The lowest BCUT2D eigenvalue weighted by molar-refractivity contribution is 0.653. The SMILES string of the molecule is CCNc1nc(NCC)nc(SO)n1. The van der Waals surface area contributed by atoms with Gasteiger partial charge in [0.25, 0.3) is 0 Å². The molecule has 0 spiro atoms. The molecule has 0 bridgehead atoms. The molecule has 0 fully saturated rings. The lowest BCUT2D eigenvalue weighted by Crippen LogP contribution is -2.09. The fraction of sp³-hybridized carbons (Fsp3) is 0.571. The summed E-state index contributed by atoms with van der Waals surface area (Å²) in [6.07, 6.45) is 0. The third-order valence-corrected chi connectivity index (χ3v) is 1.71. The van der Waals surface area contributed by atoms with E-state index in [0.29, 0.717) is 23.9 Å². The van der Waals surface area contributed by atoms with Crippen LogP contribution in [-0.4, -0.2) is 32.6 Å². The maximum atomic E-state index is 8.83. The number of rotatable bonds is 5. The average Bonchev–Trinajstić information content (AvgIpc) is 2.18. The number of aromatic nitrogens is 3. The van der Waals surface area contributed by atoms with Gasteiger partial charge < -0.3 is 15.2 Å². The second kappa shape index (κ2) is 5.61. The molecule has 0 aliphatic rings. The largest absolute Gasteiger partial charge is 0.354 e. The van der Waals surface area contributed by atoms with Gasteiger partial charge in [0.1, 0.15) is 0 Å². The molecular formula is C7H13N5OS. The molecule has 0 unspecified atom stereocenters. The van der Waals surface area contributed by atoms with Gasteiger partial charge in [0.15, 0.2) is 0 Å². The Bertz CT molecular complexity index is 271. The highest BCUT2D eigenvalue weighted by Crippen LogP contribution is 2.12. The summed E-state index contributed by atoms with van der Waals surface area (Å²) in [6, 6.07) is 0. The Labute approximate surface area is 86.8 Å². The van der Waals surface area contributed by atoms with Crippen molar-refractivity contribution < 1.29 is 4.55 Å². The summed E-state index contributed by atoms with van der Waals surface area (Å²) >= 11 is 0.507. The van der Waals surface area contributed by atoms with Crippen molar-refractivity contribution in [1.82, 2.24) is 15.0 Å². The molecule has 1 aromatic rings. The van der Waals surface area contributed by atoms with E-state index in [1.807, 2.05) is 13.8 Å². The van der Waals surface area contributed by atoms with Gasteiger partial charge in [0, 0.05) is 13.1 Å². The second-order valence-electron chi connectivity index (χ2n) is 2.42. The van der Waals surface area contributed by atoms with Crippen molar-refractivity contribution in [3.63, 3.8) is 0 Å². The molecule has 0 radical (unpaired) electrons. The van der Waals surface area contributed by atoms with Gasteiger partial charge in [0.05, 0.1) is 12.0 Å². The van der Waals surface area contributed by atoms with Crippen molar-refractivity contribution >= 4 is 23.9 Å². The molecule has 1 aromatic heterocycles. The molecule has 0 aliphatic carbocycles. The van der Waals surface area contributed by atoms with E-state index in [1.54, 1.807) is 0 Å². The van der Waals surface area contributed by atoms with Crippen LogP contribution >= 0.6 is 12.0 Å². The van der Waals surface area contributed by atoms with Crippen LogP contribution in [0.15, 0.2) is 5.16 Å². The Balaban J connectivity index is 2.88. The molecular weight excluding hydrogens is 202 g/mol. The highest BCUT2D eigenvalue weighted by Gasteiger charge is 2.04. The summed E-state index contributed by atoms with van der Waals surface area (Å²) in [5, 5.41) is 6.19. The molecule has 1 rings (SSSR count). The van der Waals surface area contributed by atoms with E-state index in [4.69, 9.17) is 4.55 Å². The highest BCUT2D eigenvalue weighted by molar-refractivity contribution is 7.93. The molecule has 0 amide bonds. The molecule has 3 N–H and O–H groups in total. The number of hydrogen-bond donors (Lipinski definition) is 3. The monoisotopic (exact) mass is 215 g/mol. The van der Waals surface area contributed by atoms with Crippen molar-refractivity contribution in [2.45, 2.75) is 19.0 Å². The van der Waals surface area contributed by atoms with Crippen LogP contribution in [0.4, 0.5) is 11.9 Å². The van der Waals surface area contributed by atoms with Gasteiger partial charge in [-0.2, -0.15) is 15.0 Å². The summed E-state index contributed by atoms with van der Waals surface area (Å²) in [4.78, 5) is 12.0. The van der Waals surface area contributed by atoms with Gasteiger partial charge in [-0.3, -0.25) is 0 Å². The van der Waals surface area contributed by atoms with Gasteiger partial charge in [-0.15, -0.1) is 0 Å². The quantitative estimate of drug-likeness (QED) is 0.638. The van der Waals surface area contributed by atoms with Crippen LogP contribution in [0.5, 0.6) is 0 Å². The van der Waals surface area contributed by atoms with Crippen LogP contribution < -0.4 is 10.6 Å². The lowest BCUT2D eigenvalue weighted by atomic mass is 10.7. The summed E-state index contributed by atoms with van der Waals surface area (Å²) in [5.41, 5.74) is 0. The highest BCUT2D eigenvalue weighted by atomic mass is 32.2. The molecule has 14 heavy (non-hydrogen) atoms. The van der Waals surface area contributed by atoms with E-state index in [1.165, 1.54) is 0 Å². The van der Waals surface area contributed by atoms with Crippen molar-refractivity contribution in [3.05, 3.63) is 0 Å². The van der Waals surface area contributed by atoms with Gasteiger partial charge in [-0.25, -0.2) is 0 Å². The van der Waals surface area contributed by atoms with E-state index >= 15 is 0 Å². The van der Waals surface area contributed by atoms with Crippen molar-refractivity contribution in [2.75, 3.05) is 23.7 Å². The van der Waals surface area contributed by atoms with Gasteiger partial charge in [-0.1, -0.05) is 0 Å². The van der Waals surface area contributed by atoms with Crippen molar-refractivity contribution in [1.29, 1.82) is 0 Å². The van der Waals surface area contributed by atoms with E-state index in [9.17, 15) is 0 Å². The summed E-state index contributed by atoms with van der Waals surface area (Å²) in [5.74, 6) is 0.935. The van der Waals surface area contributed by atoms with E-state index in [0.717, 1.165) is 13.1 Å². The fourth-order valence-electron chi connectivity index (χ4n) is 0.872. The summed E-state index contributed by atoms with van der Waals surface area (Å²) < 4.78 is 8.83. The van der Waals surface area contributed by atoms with Crippen LogP contribution in [0.1, 0.15) is 13.8 Å². The van der Waals surface area contributed by atoms with Crippen LogP contribution in [0, 0.1) is 0 Å². The Hall–Kier alpha value is -1.08. The van der Waals surface area contributed by atoms with Crippen LogP contribution in [-0.2, 0) is 0 Å². The zero-order valence-corrected chi connectivity index (χ0v) is 8.93. The predicted octanol–water partition coefficient (Wildman–Crippen LogP) is 1.30. The second-order valence-corrected chi connectivity index (χ2v) is 2.96. The first-order valence-corrected chi connectivity index (χ1v) is 5.12. The predicted molar refractivity (Wildman–Crippen MR) is 56.6 cm³/mol. The van der Waals surface area contributed by atoms with Crippen LogP contribution in [0.25, 0.3) is 0 Å². The van der Waals surface area contributed by atoms with Crippen LogP contribution in [0.2, 0.25) is 0 Å². The van der Waals surface area contributed by atoms with Gasteiger partial charge in [0.2, 0.25) is 17.1 Å². The Morgan fingerprint density at radius 2 is 1.57 bits per heavy atom. The molecule has 0 aliphatic heterocycles. The average molecular weight is 215 g/mol. The number of nitrogens with one attached hydrogen (secondary N) is 2. The fourth-order valence-corrected chi connectivity index (χ4v) is 1.13. The molecule has 0 saturated heterocycles. The molecule has 78 valence electrons. The topological polar surface area (TPSA) is 83.0 Å². The molecule has 0 atom stereocenters. The van der Waals surface area contributed by atoms with Gasteiger partial charge >= 0.3 is 0 Å². The zero-order chi connectivity index (χ0) is 10.4. The summed E-state index contributed by atoms with van der Waals surface area (Å²) in [7, 11) is 0. The molecule has 6 nitrogen and oxygen atoms in total. The van der Waals surface area contributed by atoms with Crippen LogP contribution in [0.3, 0.4) is 0 Å². The van der Waals surface area contributed by atoms with Crippen molar-refractivity contribution in [2.24, 2.45) is 0 Å². The first kappa shape index (κ1) is 11.0. The Kier molecular flexibility index (Phi) is 4.41. The molecule has 1 heterocycles. The zero-order valence-electron chi connectivity index (χ0n) is 8.11. The third-order valence-electron chi connectivity index (χ3n) is 1.37. The normalized spacial score (nSPS) is 9.93. The maximum absolute atomic E-state index is 8.83. The standard InChI is InChI=1S/C7H13N5OS/c1-3-8-5-10-6(9-4-2)12-7(11-5)14-13/h13H,3-4H2,1-2H3,(H2,8,9,10,11,12). The number of hydrogen-bond acceptors (Lipinski definition) is 7. The van der Waals surface area contributed by atoms with Gasteiger partial charge in [-0.05, 0) is 13.8 Å². The molecule has 0 aromatic carbocycles. The van der Waals surface area contributed by atoms with E-state index < -0.39 is 0 Å². The molecule has 0 saturated carbocycles. The minimum atomic E-state index is 0.284. The minimum absolute atomic E-state index is 0.284. The third kappa shape index (κ3) is 3.00. The Morgan fingerprint density at radius 3 is 1.93 bits per heavy atom. The number of anilines is 2.